The number of benzene rings is 1. The molecule has 1 unspecified atom stereocenters. The standard InChI is InChI=1S/C31H34N6O/c1-22-7-11-25(12-8-22)37-30-6-4-3-5-26(30)35-29-19-28(34-24-10-9-23(2)33-21-24)27(20-31(29)37)32-13-14-36-15-17-38-18-16-36/h3-5,7-12,19-21,30,34H,6,13-18H2,1-2H3/b32-27+. The number of rotatable bonds is 6. The van der Waals surface area contributed by atoms with Crippen LogP contribution in [0.3, 0.4) is 0 Å². The van der Waals surface area contributed by atoms with Gasteiger partial charge in [-0.25, -0.2) is 4.99 Å². The maximum atomic E-state index is 5.51. The quantitative estimate of drug-likeness (QED) is 0.568. The Labute approximate surface area is 224 Å². The molecule has 1 N–H and O–H groups in total. The fourth-order valence-corrected chi connectivity index (χ4v) is 5.20. The van der Waals surface area contributed by atoms with Crippen molar-refractivity contribution >= 4 is 22.8 Å². The third kappa shape index (κ3) is 5.26. The minimum absolute atomic E-state index is 0.163. The number of aryl methyl sites for hydroxylation is 2. The highest BCUT2D eigenvalue weighted by atomic mass is 16.5. The molecule has 1 aromatic carbocycles. The topological polar surface area (TPSA) is 65.3 Å². The summed E-state index contributed by atoms with van der Waals surface area (Å²) in [7, 11) is 0. The van der Waals surface area contributed by atoms with E-state index in [2.05, 4.69) is 87.7 Å². The fourth-order valence-electron chi connectivity index (χ4n) is 5.20. The number of anilines is 2. The Kier molecular flexibility index (Phi) is 7.03. The van der Waals surface area contributed by atoms with Crippen molar-refractivity contribution in [2.75, 3.05) is 49.6 Å². The van der Waals surface area contributed by atoms with Crippen LogP contribution in [0.15, 0.2) is 100 Å². The van der Waals surface area contributed by atoms with Crippen LogP contribution in [0.4, 0.5) is 11.4 Å². The molecule has 2 aliphatic carbocycles. The molecule has 1 atom stereocenters. The van der Waals surface area contributed by atoms with E-state index in [0.717, 1.165) is 85.7 Å². The van der Waals surface area contributed by atoms with Gasteiger partial charge in [0.1, 0.15) is 0 Å². The highest BCUT2D eigenvalue weighted by Crippen LogP contribution is 2.36. The van der Waals surface area contributed by atoms with Gasteiger partial charge < -0.3 is 15.0 Å². The van der Waals surface area contributed by atoms with Crippen molar-refractivity contribution in [2.45, 2.75) is 26.3 Å². The second-order valence-corrected chi connectivity index (χ2v) is 10.1. The highest BCUT2D eigenvalue weighted by molar-refractivity contribution is 6.26. The summed E-state index contributed by atoms with van der Waals surface area (Å²) in [6.45, 7) is 9.28. The summed E-state index contributed by atoms with van der Waals surface area (Å²) in [5.41, 5.74) is 9.33. The molecular weight excluding hydrogens is 472 g/mol. The first-order chi connectivity index (χ1) is 18.6. The van der Waals surface area contributed by atoms with Gasteiger partial charge in [0.25, 0.3) is 0 Å². The fraction of sp³-hybridized carbons (Fsp3) is 0.323. The second-order valence-electron chi connectivity index (χ2n) is 10.1. The Bertz CT molecular complexity index is 1360. The average Bonchev–Trinajstić information content (AvgIpc) is 2.94. The van der Waals surface area contributed by atoms with Crippen molar-refractivity contribution < 1.29 is 4.74 Å². The van der Waals surface area contributed by atoms with Crippen LogP contribution in [-0.2, 0) is 4.74 Å². The molecule has 1 fully saturated rings. The van der Waals surface area contributed by atoms with Crippen molar-refractivity contribution in [1.29, 1.82) is 0 Å². The molecule has 0 saturated carbocycles. The zero-order valence-electron chi connectivity index (χ0n) is 22.1. The van der Waals surface area contributed by atoms with E-state index in [1.165, 1.54) is 11.3 Å². The number of ether oxygens (including phenoxy) is 1. The lowest BCUT2D eigenvalue weighted by atomic mass is 9.93. The number of allylic oxidation sites excluding steroid dienone is 4. The number of aromatic nitrogens is 1. The minimum Gasteiger partial charge on any atom is -0.379 e. The maximum absolute atomic E-state index is 5.51. The van der Waals surface area contributed by atoms with Crippen molar-refractivity contribution in [2.24, 2.45) is 9.98 Å². The van der Waals surface area contributed by atoms with Gasteiger partial charge >= 0.3 is 0 Å². The van der Waals surface area contributed by atoms with Gasteiger partial charge in [-0.3, -0.25) is 14.9 Å². The van der Waals surface area contributed by atoms with Crippen LogP contribution in [0.2, 0.25) is 0 Å². The number of hydrogen-bond donors (Lipinski definition) is 1. The predicted octanol–water partition coefficient (Wildman–Crippen LogP) is 4.84. The molecule has 0 amide bonds. The summed E-state index contributed by atoms with van der Waals surface area (Å²) in [6, 6.07) is 13.0. The molecule has 38 heavy (non-hydrogen) atoms. The number of morpholine rings is 1. The van der Waals surface area contributed by atoms with Gasteiger partial charge in [0.15, 0.2) is 0 Å². The normalized spacial score (nSPS) is 22.2. The van der Waals surface area contributed by atoms with Crippen molar-refractivity contribution in [1.82, 2.24) is 9.88 Å². The molecule has 1 saturated heterocycles. The third-order valence-corrected chi connectivity index (χ3v) is 7.32. The smallest absolute Gasteiger partial charge is 0.0893 e. The number of fused-ring (bicyclic) bond motifs is 2. The Balaban J connectivity index is 1.38. The van der Waals surface area contributed by atoms with Crippen LogP contribution in [0.1, 0.15) is 17.7 Å². The Morgan fingerprint density at radius 3 is 2.68 bits per heavy atom. The first kappa shape index (κ1) is 24.5. The van der Waals surface area contributed by atoms with E-state index >= 15 is 0 Å². The van der Waals surface area contributed by atoms with Gasteiger partial charge in [-0.1, -0.05) is 29.8 Å². The van der Waals surface area contributed by atoms with Crippen molar-refractivity contribution in [3.8, 4) is 0 Å². The summed E-state index contributed by atoms with van der Waals surface area (Å²) in [5, 5.41) is 3.57. The molecule has 7 heteroatoms. The predicted molar refractivity (Wildman–Crippen MR) is 155 cm³/mol. The molecule has 2 aromatic rings. The van der Waals surface area contributed by atoms with Gasteiger partial charge in [0.05, 0.1) is 66.2 Å². The van der Waals surface area contributed by atoms with Crippen molar-refractivity contribution in [3.63, 3.8) is 0 Å². The maximum Gasteiger partial charge on any atom is 0.0893 e. The summed E-state index contributed by atoms with van der Waals surface area (Å²) >= 11 is 0. The molecule has 0 bridgehead atoms. The Hall–Kier alpha value is -3.81. The molecule has 0 radical (unpaired) electrons. The summed E-state index contributed by atoms with van der Waals surface area (Å²) in [4.78, 5) is 19.5. The van der Waals surface area contributed by atoms with Gasteiger partial charge in [-0.05, 0) is 62.8 Å². The number of nitrogens with one attached hydrogen (secondary N) is 1. The van der Waals surface area contributed by atoms with Crippen LogP contribution in [-0.4, -0.2) is 66.7 Å². The number of pyridine rings is 1. The third-order valence-electron chi connectivity index (χ3n) is 7.32. The Morgan fingerprint density at radius 2 is 1.89 bits per heavy atom. The van der Waals surface area contributed by atoms with Crippen molar-refractivity contribution in [3.05, 3.63) is 101 Å². The van der Waals surface area contributed by atoms with E-state index in [9.17, 15) is 0 Å². The van der Waals surface area contributed by atoms with E-state index in [0.29, 0.717) is 0 Å². The van der Waals surface area contributed by atoms with Gasteiger partial charge in [0, 0.05) is 31.0 Å². The number of nitrogens with zero attached hydrogens (tertiary/aromatic N) is 5. The number of hydrogen-bond acceptors (Lipinski definition) is 7. The molecule has 4 aliphatic rings. The zero-order valence-corrected chi connectivity index (χ0v) is 22.1. The van der Waals surface area contributed by atoms with E-state index in [4.69, 9.17) is 14.7 Å². The summed E-state index contributed by atoms with van der Waals surface area (Å²) in [6.07, 6.45) is 13.6. The summed E-state index contributed by atoms with van der Waals surface area (Å²) in [5.74, 6) is 0. The molecule has 3 heterocycles. The molecular formula is C31H34N6O. The van der Waals surface area contributed by atoms with Crippen LogP contribution >= 0.6 is 0 Å². The lowest BCUT2D eigenvalue weighted by Gasteiger charge is -2.41. The van der Waals surface area contributed by atoms with Gasteiger partial charge in [0.2, 0.25) is 0 Å². The second kappa shape index (κ2) is 10.9. The number of aliphatic imine (C=N–C) groups is 2. The van der Waals surface area contributed by atoms with Crippen LogP contribution in [0, 0.1) is 13.8 Å². The van der Waals surface area contributed by atoms with Crippen LogP contribution in [0.25, 0.3) is 0 Å². The summed E-state index contributed by atoms with van der Waals surface area (Å²) < 4.78 is 5.51. The van der Waals surface area contributed by atoms with E-state index in [-0.39, 0.29) is 6.04 Å². The largest absolute Gasteiger partial charge is 0.379 e. The van der Waals surface area contributed by atoms with Gasteiger partial charge in [-0.15, -0.1) is 0 Å². The first-order valence-corrected chi connectivity index (χ1v) is 13.4. The molecule has 0 spiro atoms. The zero-order chi connectivity index (χ0) is 25.9. The van der Waals surface area contributed by atoms with E-state index < -0.39 is 0 Å². The minimum atomic E-state index is 0.163. The highest BCUT2D eigenvalue weighted by Gasteiger charge is 2.34. The molecule has 194 valence electrons. The van der Waals surface area contributed by atoms with Crippen LogP contribution in [0.5, 0.6) is 0 Å². The lowest BCUT2D eigenvalue weighted by Crippen LogP contribution is -2.43. The van der Waals surface area contributed by atoms with Gasteiger partial charge in [-0.2, -0.15) is 0 Å². The van der Waals surface area contributed by atoms with Crippen LogP contribution < -0.4 is 10.2 Å². The molecule has 6 rings (SSSR count). The molecule has 1 aromatic heterocycles. The lowest BCUT2D eigenvalue weighted by molar-refractivity contribution is 0.0394. The molecule has 2 aliphatic heterocycles. The molecule has 7 nitrogen and oxygen atoms in total. The monoisotopic (exact) mass is 506 g/mol. The average molecular weight is 507 g/mol. The SMILES string of the molecule is Cc1ccc(N2C3=C/C(=N\CCN4CCOCC4)C(Nc4ccc(C)nc4)=CC3=NC3=CC=CCC32)cc1. The van der Waals surface area contributed by atoms with E-state index in [1.807, 2.05) is 19.2 Å². The van der Waals surface area contributed by atoms with E-state index in [1.54, 1.807) is 0 Å². The first-order valence-electron chi connectivity index (χ1n) is 13.4. The Morgan fingerprint density at radius 1 is 1.05 bits per heavy atom.